The highest BCUT2D eigenvalue weighted by Gasteiger charge is 2.44. The van der Waals surface area contributed by atoms with Crippen LogP contribution in [0.2, 0.25) is 0 Å². The molecule has 0 aliphatic carbocycles. The van der Waals surface area contributed by atoms with Gasteiger partial charge in [-0.2, -0.15) is 0 Å². The Morgan fingerprint density at radius 2 is 1.89 bits per heavy atom. The molecule has 5 N–H and O–H groups in total. The molecular weight excluding hydrogens is 356 g/mol. The summed E-state index contributed by atoms with van der Waals surface area (Å²) in [6.07, 6.45) is -7.19. The van der Waals surface area contributed by atoms with Gasteiger partial charge in [-0.15, -0.1) is 0 Å². The van der Waals surface area contributed by atoms with Gasteiger partial charge in [0.25, 0.3) is 0 Å². The summed E-state index contributed by atoms with van der Waals surface area (Å²) in [5, 5.41) is 50.7. The molecule has 8 heteroatoms. The fourth-order valence-electron chi connectivity index (χ4n) is 3.37. The zero-order valence-electron chi connectivity index (χ0n) is 14.9. The standard InChI is InChI=1S/C19H22O8/c1-8-6-10-4-3-5-11(14(10)16(23)13(8)9(2)21)26-19-18(25)17(24)15(22)12(7-20)27-19/h3-6,12,15,17-20,22-25H,7H2,1-2H3/t12-,15-,17+,18-,19-/m1/s1. The molecule has 2 aromatic rings. The van der Waals surface area contributed by atoms with Gasteiger partial charge in [-0.25, -0.2) is 0 Å². The van der Waals surface area contributed by atoms with Gasteiger partial charge < -0.3 is 35.0 Å². The van der Waals surface area contributed by atoms with Gasteiger partial charge in [0.15, 0.2) is 5.78 Å². The predicted molar refractivity (Wildman–Crippen MR) is 94.7 cm³/mol. The van der Waals surface area contributed by atoms with Crippen LogP contribution in [0.1, 0.15) is 22.8 Å². The Morgan fingerprint density at radius 1 is 1.19 bits per heavy atom. The molecule has 3 rings (SSSR count). The summed E-state index contributed by atoms with van der Waals surface area (Å²) in [7, 11) is 0. The van der Waals surface area contributed by atoms with Crippen LogP contribution in [0.5, 0.6) is 11.5 Å². The van der Waals surface area contributed by atoms with E-state index >= 15 is 0 Å². The number of benzene rings is 2. The van der Waals surface area contributed by atoms with Gasteiger partial charge in [0.1, 0.15) is 35.9 Å². The largest absolute Gasteiger partial charge is 0.506 e. The van der Waals surface area contributed by atoms with E-state index in [1.807, 2.05) is 0 Å². The lowest BCUT2D eigenvalue weighted by Crippen LogP contribution is -2.60. The number of Topliss-reactive ketones (excluding diaryl/α,β-unsaturated/α-hetero) is 1. The molecule has 1 fully saturated rings. The van der Waals surface area contributed by atoms with Crippen molar-refractivity contribution in [1.82, 2.24) is 0 Å². The first-order valence-corrected chi connectivity index (χ1v) is 8.49. The van der Waals surface area contributed by atoms with Gasteiger partial charge in [0, 0.05) is 0 Å². The minimum atomic E-state index is -1.59. The summed E-state index contributed by atoms with van der Waals surface area (Å²) in [5.41, 5.74) is 0.768. The van der Waals surface area contributed by atoms with E-state index in [0.29, 0.717) is 10.9 Å². The minimum Gasteiger partial charge on any atom is -0.506 e. The first-order chi connectivity index (χ1) is 12.8. The van der Waals surface area contributed by atoms with Gasteiger partial charge in [0.2, 0.25) is 6.29 Å². The third-order valence-corrected chi connectivity index (χ3v) is 4.74. The second-order valence-electron chi connectivity index (χ2n) is 6.64. The number of aryl methyl sites for hydroxylation is 1. The molecule has 0 bridgehead atoms. The Balaban J connectivity index is 2.04. The van der Waals surface area contributed by atoms with Gasteiger partial charge >= 0.3 is 0 Å². The number of fused-ring (bicyclic) bond motifs is 1. The molecule has 0 radical (unpaired) electrons. The van der Waals surface area contributed by atoms with E-state index in [4.69, 9.17) is 9.47 Å². The van der Waals surface area contributed by atoms with Crippen molar-refractivity contribution in [3.8, 4) is 11.5 Å². The highest BCUT2D eigenvalue weighted by Crippen LogP contribution is 2.39. The average Bonchev–Trinajstić information content (AvgIpc) is 2.61. The molecule has 0 unspecified atom stereocenters. The first kappa shape index (κ1) is 19.5. The molecule has 1 aliphatic rings. The summed E-state index contributed by atoms with van der Waals surface area (Å²) in [6, 6.07) is 6.63. The molecule has 27 heavy (non-hydrogen) atoms. The van der Waals surface area contributed by atoms with E-state index in [0.717, 1.165) is 0 Å². The molecule has 0 spiro atoms. The fraction of sp³-hybridized carbons (Fsp3) is 0.421. The van der Waals surface area contributed by atoms with E-state index in [2.05, 4.69) is 0 Å². The highest BCUT2D eigenvalue weighted by molar-refractivity contribution is 6.06. The third kappa shape index (κ3) is 3.38. The zero-order chi connectivity index (χ0) is 19.9. The van der Waals surface area contributed by atoms with Crippen LogP contribution in [0.15, 0.2) is 24.3 Å². The molecule has 1 heterocycles. The lowest BCUT2D eigenvalue weighted by molar-refractivity contribution is -0.277. The number of carbonyl (C=O) groups excluding carboxylic acids is 1. The molecular formula is C19H22O8. The number of phenolic OH excluding ortho intramolecular Hbond substituents is 1. The third-order valence-electron chi connectivity index (χ3n) is 4.74. The molecule has 0 aromatic heterocycles. The Bertz CT molecular complexity index is 862. The minimum absolute atomic E-state index is 0.122. The number of ketones is 1. The van der Waals surface area contributed by atoms with Gasteiger partial charge in [-0.1, -0.05) is 18.2 Å². The van der Waals surface area contributed by atoms with Gasteiger partial charge in [0.05, 0.1) is 17.6 Å². The van der Waals surface area contributed by atoms with E-state index in [9.17, 15) is 30.3 Å². The van der Waals surface area contributed by atoms with Crippen LogP contribution < -0.4 is 4.74 Å². The Kier molecular flexibility index (Phi) is 5.36. The van der Waals surface area contributed by atoms with Crippen LogP contribution in [0, 0.1) is 6.92 Å². The summed E-state index contributed by atoms with van der Waals surface area (Å²) in [6.45, 7) is 2.47. The molecule has 146 valence electrons. The van der Waals surface area contributed by atoms with Crippen LogP contribution in [-0.4, -0.2) is 68.6 Å². The highest BCUT2D eigenvalue weighted by atomic mass is 16.7. The Labute approximate surface area is 155 Å². The number of aliphatic hydroxyl groups excluding tert-OH is 4. The number of hydrogen-bond donors (Lipinski definition) is 5. The van der Waals surface area contributed by atoms with Gasteiger partial charge in [-0.3, -0.25) is 4.79 Å². The van der Waals surface area contributed by atoms with Crippen molar-refractivity contribution in [2.45, 2.75) is 44.6 Å². The van der Waals surface area contributed by atoms with Crippen molar-refractivity contribution in [2.75, 3.05) is 6.61 Å². The second kappa shape index (κ2) is 7.41. The monoisotopic (exact) mass is 378 g/mol. The maximum absolute atomic E-state index is 11.9. The summed E-state index contributed by atoms with van der Waals surface area (Å²) in [5.74, 6) is -0.441. The maximum Gasteiger partial charge on any atom is 0.229 e. The number of hydrogen-bond acceptors (Lipinski definition) is 8. The summed E-state index contributed by atoms with van der Waals surface area (Å²) in [4.78, 5) is 11.9. The van der Waals surface area contributed by atoms with Crippen LogP contribution in [-0.2, 0) is 4.74 Å². The van der Waals surface area contributed by atoms with Crippen LogP contribution in [0.25, 0.3) is 10.8 Å². The number of phenols is 1. The van der Waals surface area contributed by atoms with Crippen molar-refractivity contribution in [3.05, 3.63) is 35.4 Å². The van der Waals surface area contributed by atoms with Crippen molar-refractivity contribution in [3.63, 3.8) is 0 Å². The van der Waals surface area contributed by atoms with Crippen molar-refractivity contribution < 1.29 is 39.8 Å². The smallest absolute Gasteiger partial charge is 0.229 e. The van der Waals surface area contributed by atoms with E-state index < -0.39 is 37.3 Å². The molecule has 1 aliphatic heterocycles. The normalized spacial score (nSPS) is 28.3. The van der Waals surface area contributed by atoms with Crippen LogP contribution in [0.4, 0.5) is 0 Å². The van der Waals surface area contributed by atoms with Crippen LogP contribution in [0.3, 0.4) is 0 Å². The lowest BCUT2D eigenvalue weighted by atomic mass is 9.97. The number of aliphatic hydroxyl groups is 4. The summed E-state index contributed by atoms with van der Waals surface area (Å²) < 4.78 is 11.0. The number of rotatable bonds is 4. The quantitative estimate of drug-likeness (QED) is 0.477. The maximum atomic E-state index is 11.9. The van der Waals surface area contributed by atoms with E-state index in [1.54, 1.807) is 25.1 Å². The second-order valence-corrected chi connectivity index (χ2v) is 6.64. The molecule has 0 amide bonds. The fourth-order valence-corrected chi connectivity index (χ4v) is 3.37. The van der Waals surface area contributed by atoms with E-state index in [-0.39, 0.29) is 28.2 Å². The van der Waals surface area contributed by atoms with Gasteiger partial charge in [-0.05, 0) is 30.9 Å². The Morgan fingerprint density at radius 3 is 2.52 bits per heavy atom. The van der Waals surface area contributed by atoms with Crippen LogP contribution >= 0.6 is 0 Å². The summed E-state index contributed by atoms with van der Waals surface area (Å²) >= 11 is 0. The number of ether oxygens (including phenoxy) is 2. The molecule has 5 atom stereocenters. The number of aromatic hydroxyl groups is 1. The molecule has 1 saturated heterocycles. The van der Waals surface area contributed by atoms with Crippen molar-refractivity contribution in [2.24, 2.45) is 0 Å². The SMILES string of the molecule is CC(=O)c1c(C)cc2cccc(O[C@@H]3O[C@H](CO)[C@@H](O)[C@H](O)[C@H]3O)c2c1O. The number of carbonyl (C=O) groups is 1. The molecule has 8 nitrogen and oxygen atoms in total. The topological polar surface area (TPSA) is 137 Å². The van der Waals surface area contributed by atoms with Crippen molar-refractivity contribution >= 4 is 16.6 Å². The molecule has 0 saturated carbocycles. The zero-order valence-corrected chi connectivity index (χ0v) is 14.9. The van der Waals surface area contributed by atoms with E-state index in [1.165, 1.54) is 13.0 Å². The first-order valence-electron chi connectivity index (χ1n) is 8.49. The Hall–Kier alpha value is -2.23. The lowest BCUT2D eigenvalue weighted by Gasteiger charge is -2.39. The predicted octanol–water partition coefficient (Wildman–Crippen LogP) is 0.235. The molecule has 2 aromatic carbocycles. The average molecular weight is 378 g/mol. The van der Waals surface area contributed by atoms with Crippen molar-refractivity contribution in [1.29, 1.82) is 0 Å².